The average molecular weight is 236 g/mol. The molecule has 0 saturated heterocycles. The maximum atomic E-state index is 2.73. The zero-order chi connectivity index (χ0) is 12.1. The van der Waals surface area contributed by atoms with E-state index in [2.05, 4.69) is 25.2 Å². The molecule has 2 fully saturated rings. The topological polar surface area (TPSA) is 16.6 Å². The number of hydrogen-bond donors (Lipinski definition) is 1. The molecule has 1 heteroatoms. The minimum Gasteiger partial charge on any atom is -0.338 e. The molecule has 0 aromatic rings. The molecule has 2 N–H and O–H groups in total. The fourth-order valence-electron chi connectivity index (χ4n) is 3.57. The van der Waals surface area contributed by atoms with Crippen LogP contribution in [0.5, 0.6) is 0 Å². The summed E-state index contributed by atoms with van der Waals surface area (Å²) in [5.74, 6) is 0.727. The summed E-state index contributed by atoms with van der Waals surface area (Å²) < 4.78 is 0. The first-order valence-electron chi connectivity index (χ1n) is 7.81. The van der Waals surface area contributed by atoms with Crippen LogP contribution in [0, 0.1) is 5.92 Å². The Balaban J connectivity index is 1.91. The van der Waals surface area contributed by atoms with E-state index in [1.807, 2.05) is 0 Å². The Kier molecular flexibility index (Phi) is 5.09. The highest BCUT2D eigenvalue weighted by Crippen LogP contribution is 2.24. The van der Waals surface area contributed by atoms with Crippen LogP contribution in [-0.4, -0.2) is 12.1 Å². The summed E-state index contributed by atoms with van der Waals surface area (Å²) in [6.45, 7) is 4.64. The number of nitrogens with two attached hydrogens (primary N) is 1. The van der Waals surface area contributed by atoms with Crippen molar-refractivity contribution in [2.24, 2.45) is 5.92 Å². The van der Waals surface area contributed by atoms with Crippen LogP contribution in [0.15, 0.2) is 11.6 Å². The van der Waals surface area contributed by atoms with E-state index in [0.717, 1.165) is 18.0 Å². The molecular weight excluding hydrogens is 206 g/mol. The van der Waals surface area contributed by atoms with Crippen molar-refractivity contribution in [1.82, 2.24) is 0 Å². The van der Waals surface area contributed by atoms with Gasteiger partial charge in [-0.1, -0.05) is 26.3 Å². The fraction of sp³-hybridized carbons (Fsp3) is 0.875. The Hall–Kier alpha value is -0.300. The SMILES string of the molecule is CC(C)C=C1CCCC[C@H]1[NH2+]C1CCCCC1. The van der Waals surface area contributed by atoms with Gasteiger partial charge in [0.1, 0.15) is 6.04 Å². The number of hydrogen-bond acceptors (Lipinski definition) is 0. The van der Waals surface area contributed by atoms with E-state index < -0.39 is 0 Å². The van der Waals surface area contributed by atoms with Gasteiger partial charge in [-0.25, -0.2) is 0 Å². The van der Waals surface area contributed by atoms with Crippen molar-refractivity contribution in [2.75, 3.05) is 0 Å². The first kappa shape index (κ1) is 13.1. The van der Waals surface area contributed by atoms with E-state index >= 15 is 0 Å². The number of rotatable bonds is 3. The minimum absolute atomic E-state index is 0.727. The summed E-state index contributed by atoms with van der Waals surface area (Å²) in [7, 11) is 0. The predicted molar refractivity (Wildman–Crippen MR) is 74.0 cm³/mol. The predicted octanol–water partition coefficient (Wildman–Crippen LogP) is 3.41. The molecular formula is C16H30N+. The van der Waals surface area contributed by atoms with Crippen molar-refractivity contribution in [3.05, 3.63) is 11.6 Å². The maximum absolute atomic E-state index is 2.73. The first-order chi connectivity index (χ1) is 8.25. The monoisotopic (exact) mass is 236 g/mol. The van der Waals surface area contributed by atoms with Crippen molar-refractivity contribution < 1.29 is 5.32 Å². The molecule has 1 nitrogen and oxygen atoms in total. The molecule has 98 valence electrons. The van der Waals surface area contributed by atoms with E-state index in [1.54, 1.807) is 5.57 Å². The van der Waals surface area contributed by atoms with Crippen LogP contribution < -0.4 is 5.32 Å². The Morgan fingerprint density at radius 3 is 2.41 bits per heavy atom. The van der Waals surface area contributed by atoms with Crippen LogP contribution in [-0.2, 0) is 0 Å². The van der Waals surface area contributed by atoms with Gasteiger partial charge < -0.3 is 5.32 Å². The largest absolute Gasteiger partial charge is 0.338 e. The van der Waals surface area contributed by atoms with E-state index in [1.165, 1.54) is 57.8 Å². The van der Waals surface area contributed by atoms with E-state index in [4.69, 9.17) is 0 Å². The number of allylic oxidation sites excluding steroid dienone is 1. The molecule has 2 rings (SSSR count). The molecule has 0 amide bonds. The average Bonchev–Trinajstić information content (AvgIpc) is 2.32. The van der Waals surface area contributed by atoms with E-state index in [0.29, 0.717) is 0 Å². The third kappa shape index (κ3) is 4.13. The zero-order valence-corrected chi connectivity index (χ0v) is 11.8. The van der Waals surface area contributed by atoms with Gasteiger partial charge in [-0.2, -0.15) is 0 Å². The molecule has 0 unspecified atom stereocenters. The molecule has 0 aromatic heterocycles. The second kappa shape index (κ2) is 6.58. The zero-order valence-electron chi connectivity index (χ0n) is 11.8. The van der Waals surface area contributed by atoms with E-state index in [-0.39, 0.29) is 0 Å². The van der Waals surface area contributed by atoms with Crippen molar-refractivity contribution in [3.63, 3.8) is 0 Å². The smallest absolute Gasteiger partial charge is 0.108 e. The van der Waals surface area contributed by atoms with Gasteiger partial charge in [0.05, 0.1) is 6.04 Å². The highest BCUT2D eigenvalue weighted by molar-refractivity contribution is 5.11. The van der Waals surface area contributed by atoms with Gasteiger partial charge in [0.25, 0.3) is 0 Å². The van der Waals surface area contributed by atoms with Crippen molar-refractivity contribution in [2.45, 2.75) is 83.7 Å². The summed E-state index contributed by atoms with van der Waals surface area (Å²) in [6, 6.07) is 1.76. The Morgan fingerprint density at radius 1 is 1.00 bits per heavy atom. The van der Waals surface area contributed by atoms with Gasteiger partial charge in [-0.05, 0) is 56.4 Å². The Labute approximate surface area is 107 Å². The van der Waals surface area contributed by atoms with Crippen molar-refractivity contribution in [1.29, 1.82) is 0 Å². The lowest BCUT2D eigenvalue weighted by Crippen LogP contribution is -2.95. The van der Waals surface area contributed by atoms with Crippen LogP contribution in [0.4, 0.5) is 0 Å². The third-order valence-electron chi connectivity index (χ3n) is 4.41. The van der Waals surface area contributed by atoms with Crippen molar-refractivity contribution >= 4 is 0 Å². The van der Waals surface area contributed by atoms with Gasteiger partial charge in [0.15, 0.2) is 0 Å². The Morgan fingerprint density at radius 2 is 1.71 bits per heavy atom. The summed E-state index contributed by atoms with van der Waals surface area (Å²) in [5, 5.41) is 2.73. The molecule has 0 aliphatic heterocycles. The van der Waals surface area contributed by atoms with Crippen LogP contribution in [0.1, 0.15) is 71.6 Å². The Bertz CT molecular complexity index is 248. The minimum atomic E-state index is 0.727. The van der Waals surface area contributed by atoms with Crippen LogP contribution in [0.25, 0.3) is 0 Å². The first-order valence-corrected chi connectivity index (χ1v) is 7.81. The van der Waals surface area contributed by atoms with Crippen molar-refractivity contribution in [3.8, 4) is 0 Å². The van der Waals surface area contributed by atoms with Gasteiger partial charge >= 0.3 is 0 Å². The second-order valence-electron chi connectivity index (χ2n) is 6.43. The standard InChI is InChI=1S/C16H29N/c1-13(2)12-14-8-6-7-11-16(14)17-15-9-4-3-5-10-15/h12-13,15-17H,3-11H2,1-2H3/p+1/t16-/m1/s1. The lowest BCUT2D eigenvalue weighted by atomic mass is 9.86. The molecule has 0 aromatic carbocycles. The maximum Gasteiger partial charge on any atom is 0.108 e. The van der Waals surface area contributed by atoms with Gasteiger partial charge in [0.2, 0.25) is 0 Å². The van der Waals surface area contributed by atoms with Gasteiger partial charge in [0, 0.05) is 6.42 Å². The molecule has 0 heterocycles. The van der Waals surface area contributed by atoms with Crippen LogP contribution in [0.2, 0.25) is 0 Å². The normalized spacial score (nSPS) is 30.1. The highest BCUT2D eigenvalue weighted by atomic mass is 15.0. The van der Waals surface area contributed by atoms with Crippen LogP contribution >= 0.6 is 0 Å². The molecule has 17 heavy (non-hydrogen) atoms. The van der Waals surface area contributed by atoms with Gasteiger partial charge in [-0.15, -0.1) is 0 Å². The quantitative estimate of drug-likeness (QED) is 0.723. The molecule has 0 bridgehead atoms. The van der Waals surface area contributed by atoms with Crippen LogP contribution in [0.3, 0.4) is 0 Å². The second-order valence-corrected chi connectivity index (χ2v) is 6.43. The van der Waals surface area contributed by atoms with Gasteiger partial charge in [-0.3, -0.25) is 0 Å². The lowest BCUT2D eigenvalue weighted by Gasteiger charge is -2.30. The molecule has 1 atom stereocenters. The third-order valence-corrected chi connectivity index (χ3v) is 4.41. The molecule has 0 radical (unpaired) electrons. The lowest BCUT2D eigenvalue weighted by molar-refractivity contribution is -0.717. The fourth-order valence-corrected chi connectivity index (χ4v) is 3.57. The highest BCUT2D eigenvalue weighted by Gasteiger charge is 2.26. The summed E-state index contributed by atoms with van der Waals surface area (Å²) >= 11 is 0. The molecule has 2 aliphatic carbocycles. The molecule has 0 spiro atoms. The van der Waals surface area contributed by atoms with E-state index in [9.17, 15) is 0 Å². The summed E-state index contributed by atoms with van der Waals surface area (Å²) in [5.41, 5.74) is 1.76. The summed E-state index contributed by atoms with van der Waals surface area (Å²) in [4.78, 5) is 0. The molecule has 2 saturated carbocycles. The number of quaternary nitrogens is 1. The summed E-state index contributed by atoms with van der Waals surface area (Å²) in [6.07, 6.45) is 15.6. The molecule has 2 aliphatic rings.